The Morgan fingerprint density at radius 1 is 1.31 bits per heavy atom. The van der Waals surface area contributed by atoms with Crippen molar-refractivity contribution in [3.63, 3.8) is 0 Å². The molecule has 5 heterocycles. The van der Waals surface area contributed by atoms with E-state index in [-0.39, 0.29) is 17.4 Å². The summed E-state index contributed by atoms with van der Waals surface area (Å²) < 4.78 is 7.45. The second kappa shape index (κ2) is 4.26. The minimum Gasteiger partial charge on any atom is -0.373 e. The summed E-state index contributed by atoms with van der Waals surface area (Å²) in [5, 5.41) is 0. The standard InChI is InChI=1S/C22H25N2O2/c1-24-8-7-22-15-4-2-3-5-16(15)23-19(25)11-17-20(21(22)23)14(10-18(22)24)13(12-24)6-9-26-17/h2-6,14,17-18,20-21H,7-12H2,1H3/q+1/t14-,17-,18-,20-,21-,22+,24?/m0/s1. The molecule has 7 rings (SSSR count). The van der Waals surface area contributed by atoms with Crippen molar-refractivity contribution in [1.29, 1.82) is 0 Å². The van der Waals surface area contributed by atoms with Crippen LogP contribution < -0.4 is 4.90 Å². The Hall–Kier alpha value is -1.65. The molecule has 7 atom stereocenters. The Kier molecular flexibility index (Phi) is 2.36. The highest BCUT2D eigenvalue weighted by atomic mass is 16.5. The summed E-state index contributed by atoms with van der Waals surface area (Å²) in [4.78, 5) is 15.5. The second-order valence-electron chi connectivity index (χ2n) is 9.67. The van der Waals surface area contributed by atoms with E-state index in [9.17, 15) is 4.79 Å². The van der Waals surface area contributed by atoms with Crippen molar-refractivity contribution < 1.29 is 14.0 Å². The van der Waals surface area contributed by atoms with Crippen molar-refractivity contribution in [1.82, 2.24) is 0 Å². The lowest BCUT2D eigenvalue weighted by Gasteiger charge is -2.59. The van der Waals surface area contributed by atoms with E-state index in [1.807, 2.05) is 0 Å². The zero-order chi connectivity index (χ0) is 17.3. The van der Waals surface area contributed by atoms with Gasteiger partial charge in [0.05, 0.1) is 44.2 Å². The van der Waals surface area contributed by atoms with E-state index in [1.54, 1.807) is 5.57 Å². The summed E-state index contributed by atoms with van der Waals surface area (Å²) in [7, 11) is 2.47. The molecule has 4 nitrogen and oxygen atoms in total. The van der Waals surface area contributed by atoms with Crippen molar-refractivity contribution in [3.8, 4) is 0 Å². The number of nitrogens with zero attached hydrogens (tertiary/aromatic N) is 2. The molecule has 1 spiro atoms. The Labute approximate surface area is 154 Å². The van der Waals surface area contributed by atoms with Gasteiger partial charge in [-0.3, -0.25) is 4.79 Å². The minimum absolute atomic E-state index is 0.104. The van der Waals surface area contributed by atoms with Gasteiger partial charge in [0.25, 0.3) is 0 Å². The molecular weight excluding hydrogens is 324 g/mol. The molecule has 0 radical (unpaired) electrons. The highest BCUT2D eigenvalue weighted by molar-refractivity contribution is 5.99. The van der Waals surface area contributed by atoms with Crippen LogP contribution in [0.4, 0.5) is 5.69 Å². The lowest BCUT2D eigenvalue weighted by molar-refractivity contribution is -0.925. The van der Waals surface area contributed by atoms with Crippen LogP contribution in [0.2, 0.25) is 0 Å². The number of carbonyl (C=O) groups excluding carboxylic acids is 1. The number of amides is 1. The number of quaternary nitrogens is 1. The molecule has 6 aliphatic rings. The number of hydrogen-bond donors (Lipinski definition) is 0. The van der Waals surface area contributed by atoms with E-state index in [2.05, 4.69) is 42.3 Å². The number of ether oxygens (including phenoxy) is 1. The van der Waals surface area contributed by atoms with Crippen molar-refractivity contribution >= 4 is 11.6 Å². The zero-order valence-corrected chi connectivity index (χ0v) is 15.2. The molecule has 1 unspecified atom stereocenters. The molecule has 2 bridgehead atoms. The molecule has 1 aliphatic carbocycles. The smallest absolute Gasteiger partial charge is 0.229 e. The number of para-hydroxylation sites is 1. The quantitative estimate of drug-likeness (QED) is 0.531. The van der Waals surface area contributed by atoms with Gasteiger partial charge in [-0.05, 0) is 23.1 Å². The highest BCUT2D eigenvalue weighted by Gasteiger charge is 2.75. The monoisotopic (exact) mass is 349 g/mol. The molecule has 5 aliphatic heterocycles. The van der Waals surface area contributed by atoms with E-state index in [0.29, 0.717) is 36.9 Å². The van der Waals surface area contributed by atoms with Gasteiger partial charge >= 0.3 is 0 Å². The second-order valence-corrected chi connectivity index (χ2v) is 9.67. The molecule has 1 saturated carbocycles. The molecule has 1 aromatic carbocycles. The molecule has 4 fully saturated rings. The maximum atomic E-state index is 13.3. The number of hydrogen-bond acceptors (Lipinski definition) is 2. The van der Waals surface area contributed by atoms with Gasteiger partial charge in [0.1, 0.15) is 12.6 Å². The van der Waals surface area contributed by atoms with Crippen LogP contribution in [0.1, 0.15) is 24.8 Å². The van der Waals surface area contributed by atoms with Gasteiger partial charge < -0.3 is 14.1 Å². The van der Waals surface area contributed by atoms with Crippen molar-refractivity contribution in [2.24, 2.45) is 11.8 Å². The third kappa shape index (κ3) is 1.34. The van der Waals surface area contributed by atoms with Crippen LogP contribution in [0.15, 0.2) is 35.9 Å². The molecule has 1 amide bonds. The van der Waals surface area contributed by atoms with Gasteiger partial charge in [0.2, 0.25) is 5.91 Å². The van der Waals surface area contributed by atoms with E-state index < -0.39 is 0 Å². The van der Waals surface area contributed by atoms with E-state index in [0.717, 1.165) is 4.48 Å². The molecule has 134 valence electrons. The summed E-state index contributed by atoms with van der Waals surface area (Å²) in [5.74, 6) is 1.36. The summed E-state index contributed by atoms with van der Waals surface area (Å²) in [6.07, 6.45) is 5.51. The number of anilines is 1. The number of likely N-dealkylation sites (N-methyl/N-ethyl adjacent to an activating group) is 1. The molecule has 4 heteroatoms. The van der Waals surface area contributed by atoms with Gasteiger partial charge in [0, 0.05) is 24.4 Å². The fraction of sp³-hybridized carbons (Fsp3) is 0.591. The van der Waals surface area contributed by atoms with Crippen LogP contribution in [0, 0.1) is 11.8 Å². The van der Waals surface area contributed by atoms with Crippen LogP contribution >= 0.6 is 0 Å². The first kappa shape index (κ1) is 14.4. The van der Waals surface area contributed by atoms with Crippen LogP contribution in [0.5, 0.6) is 0 Å². The summed E-state index contributed by atoms with van der Waals surface area (Å²) >= 11 is 0. The number of fused-ring (bicyclic) bond motifs is 2. The van der Waals surface area contributed by atoms with Gasteiger partial charge in [-0.2, -0.15) is 0 Å². The summed E-state index contributed by atoms with van der Waals surface area (Å²) in [6, 6.07) is 9.76. The molecule has 1 aromatic rings. The number of rotatable bonds is 0. The fourth-order valence-electron chi connectivity index (χ4n) is 8.14. The molecule has 26 heavy (non-hydrogen) atoms. The summed E-state index contributed by atoms with van der Waals surface area (Å²) in [5.41, 5.74) is 4.43. The van der Waals surface area contributed by atoms with Crippen molar-refractivity contribution in [2.45, 2.75) is 42.9 Å². The first-order chi connectivity index (χ1) is 12.6. The first-order valence-electron chi connectivity index (χ1n) is 10.2. The first-order valence-corrected chi connectivity index (χ1v) is 10.2. The van der Waals surface area contributed by atoms with E-state index in [4.69, 9.17) is 4.74 Å². The Bertz CT molecular complexity index is 894. The SMILES string of the molecule is C[N+]12CC[C@@]34c5ccccc5N5C(=O)C[C@@H]6OCC=C(C1)[C@H](C[C@@H]32)[C@@H]6[C@H]54. The van der Waals surface area contributed by atoms with Crippen LogP contribution in [-0.2, 0) is 14.9 Å². The molecule has 0 N–H and O–H groups in total. The van der Waals surface area contributed by atoms with Gasteiger partial charge in [-0.15, -0.1) is 0 Å². The van der Waals surface area contributed by atoms with Crippen LogP contribution in [0.3, 0.4) is 0 Å². The predicted octanol–water partition coefficient (Wildman–Crippen LogP) is 2.24. The Morgan fingerprint density at radius 3 is 3.12 bits per heavy atom. The lowest BCUT2D eigenvalue weighted by Crippen LogP contribution is -2.72. The van der Waals surface area contributed by atoms with Gasteiger partial charge in [-0.1, -0.05) is 24.3 Å². The lowest BCUT2D eigenvalue weighted by atomic mass is 9.53. The molecular formula is C22H25N2O2+. The average molecular weight is 349 g/mol. The number of carbonyl (C=O) groups is 1. The normalized spacial score (nSPS) is 49.6. The highest BCUT2D eigenvalue weighted by Crippen LogP contribution is 2.67. The molecule has 0 aromatic heterocycles. The van der Waals surface area contributed by atoms with Gasteiger partial charge in [0.15, 0.2) is 0 Å². The van der Waals surface area contributed by atoms with Crippen LogP contribution in [0.25, 0.3) is 0 Å². The maximum Gasteiger partial charge on any atom is 0.229 e. The number of benzene rings is 1. The van der Waals surface area contributed by atoms with E-state index in [1.165, 1.54) is 37.2 Å². The van der Waals surface area contributed by atoms with Crippen molar-refractivity contribution in [3.05, 3.63) is 41.5 Å². The third-order valence-electron chi connectivity index (χ3n) is 8.91. The largest absolute Gasteiger partial charge is 0.373 e. The van der Waals surface area contributed by atoms with E-state index >= 15 is 0 Å². The topological polar surface area (TPSA) is 29.5 Å². The third-order valence-corrected chi connectivity index (χ3v) is 8.91. The van der Waals surface area contributed by atoms with Gasteiger partial charge in [-0.25, -0.2) is 0 Å². The minimum atomic E-state index is 0.104. The molecule has 3 saturated heterocycles. The Balaban J connectivity index is 1.56. The number of piperidine rings is 2. The summed E-state index contributed by atoms with van der Waals surface area (Å²) in [6.45, 7) is 3.12. The predicted molar refractivity (Wildman–Crippen MR) is 97.8 cm³/mol. The Morgan fingerprint density at radius 2 is 2.19 bits per heavy atom. The zero-order valence-electron chi connectivity index (χ0n) is 15.2. The van der Waals surface area contributed by atoms with Crippen LogP contribution in [-0.4, -0.2) is 55.3 Å². The average Bonchev–Trinajstić information content (AvgIpc) is 3.05. The maximum absolute atomic E-state index is 13.3. The van der Waals surface area contributed by atoms with Crippen molar-refractivity contribution in [2.75, 3.05) is 31.6 Å². The fourth-order valence-corrected chi connectivity index (χ4v) is 8.14.